The van der Waals surface area contributed by atoms with Gasteiger partial charge in [0.15, 0.2) is 0 Å². The quantitative estimate of drug-likeness (QED) is 0.273. The van der Waals surface area contributed by atoms with Gasteiger partial charge in [0.2, 0.25) is 0 Å². The molecule has 0 radical (unpaired) electrons. The number of aromatic amines is 2. The lowest BCUT2D eigenvalue weighted by Gasteiger charge is -2.10. The van der Waals surface area contributed by atoms with Crippen LogP contribution in [0.5, 0.6) is 0 Å². The molecule has 0 bridgehead atoms. The molecular weight excluding hydrogens is 442 g/mol. The summed E-state index contributed by atoms with van der Waals surface area (Å²) >= 11 is 1.75. The van der Waals surface area contributed by atoms with Crippen LogP contribution in [0.2, 0.25) is 0 Å². The molecule has 0 aromatic carbocycles. The van der Waals surface area contributed by atoms with Crippen LogP contribution >= 0.6 is 11.3 Å². The zero-order valence-electron chi connectivity index (χ0n) is 19.0. The molecule has 0 fully saturated rings. The van der Waals surface area contributed by atoms with E-state index in [0.29, 0.717) is 6.04 Å². The fraction of sp³-hybridized carbons (Fsp3) is 0.154. The number of H-pyrrole nitrogens is 2. The van der Waals surface area contributed by atoms with Crippen molar-refractivity contribution in [1.29, 1.82) is 0 Å². The monoisotopic (exact) mass is 465 g/mol. The first-order valence-electron chi connectivity index (χ1n) is 11.2. The average Bonchev–Trinajstić information content (AvgIpc) is 3.55. The van der Waals surface area contributed by atoms with Crippen LogP contribution in [0.4, 0.5) is 5.69 Å². The molecule has 168 valence electrons. The summed E-state index contributed by atoms with van der Waals surface area (Å²) in [5, 5.41) is 12.2. The first-order chi connectivity index (χ1) is 16.5. The number of hydrogen-bond acceptors (Lipinski definition) is 6. The summed E-state index contributed by atoms with van der Waals surface area (Å²) in [4.78, 5) is 20.0. The second kappa shape index (κ2) is 8.07. The highest BCUT2D eigenvalue weighted by Gasteiger charge is 2.16. The number of anilines is 1. The van der Waals surface area contributed by atoms with Crippen molar-refractivity contribution >= 4 is 39.0 Å². The maximum absolute atomic E-state index is 4.96. The summed E-state index contributed by atoms with van der Waals surface area (Å²) in [5.41, 5.74) is 8.16. The third kappa shape index (κ3) is 3.62. The van der Waals surface area contributed by atoms with E-state index in [9.17, 15) is 0 Å². The standard InChI is InChI=1S/C26H23N7S/c1-14(2)29-17-10-16(12-27-13-17)19-5-6-21-25(31-19)26(33-32-21)22-11-18-20(30-22)8-9-28-24(18)23-7-4-15(3)34-23/h4-14,29-30H,1-3H3,(H,32,33). The van der Waals surface area contributed by atoms with E-state index in [1.54, 1.807) is 11.3 Å². The van der Waals surface area contributed by atoms with Gasteiger partial charge in [-0.3, -0.25) is 15.1 Å². The molecule has 0 amide bonds. The minimum atomic E-state index is 0.326. The zero-order chi connectivity index (χ0) is 23.2. The van der Waals surface area contributed by atoms with Gasteiger partial charge >= 0.3 is 0 Å². The summed E-state index contributed by atoms with van der Waals surface area (Å²) in [5.74, 6) is 0. The van der Waals surface area contributed by atoms with Gasteiger partial charge < -0.3 is 10.3 Å². The smallest absolute Gasteiger partial charge is 0.135 e. The van der Waals surface area contributed by atoms with Crippen LogP contribution in [-0.4, -0.2) is 36.2 Å². The Balaban J connectivity index is 1.45. The molecule has 0 saturated heterocycles. The summed E-state index contributed by atoms with van der Waals surface area (Å²) in [7, 11) is 0. The van der Waals surface area contributed by atoms with Crippen molar-refractivity contribution in [1.82, 2.24) is 30.1 Å². The Hall–Kier alpha value is -4.04. The Kier molecular flexibility index (Phi) is 4.88. The number of aryl methyl sites for hydroxylation is 1. The lowest BCUT2D eigenvalue weighted by Crippen LogP contribution is -2.09. The van der Waals surface area contributed by atoms with Crippen LogP contribution in [0.15, 0.2) is 61.1 Å². The van der Waals surface area contributed by atoms with E-state index < -0.39 is 0 Å². The van der Waals surface area contributed by atoms with Crippen LogP contribution < -0.4 is 5.32 Å². The van der Waals surface area contributed by atoms with Crippen LogP contribution in [0.1, 0.15) is 18.7 Å². The molecule has 0 spiro atoms. The summed E-state index contributed by atoms with van der Waals surface area (Å²) in [6.07, 6.45) is 5.51. The largest absolute Gasteiger partial charge is 0.382 e. The summed E-state index contributed by atoms with van der Waals surface area (Å²) in [6.45, 7) is 6.32. The van der Waals surface area contributed by atoms with Crippen molar-refractivity contribution < 1.29 is 0 Å². The van der Waals surface area contributed by atoms with Gasteiger partial charge in [-0.2, -0.15) is 5.10 Å². The van der Waals surface area contributed by atoms with Crippen molar-refractivity contribution in [3.8, 4) is 33.2 Å². The Morgan fingerprint density at radius 3 is 2.71 bits per heavy atom. The Morgan fingerprint density at radius 2 is 1.88 bits per heavy atom. The molecule has 7 nitrogen and oxygen atoms in total. The van der Waals surface area contributed by atoms with Crippen LogP contribution in [0.3, 0.4) is 0 Å². The number of fused-ring (bicyclic) bond motifs is 2. The molecule has 6 heterocycles. The third-order valence-electron chi connectivity index (χ3n) is 5.67. The predicted octanol–water partition coefficient (Wildman–Crippen LogP) is 6.42. The number of aromatic nitrogens is 6. The molecule has 0 saturated carbocycles. The van der Waals surface area contributed by atoms with E-state index in [4.69, 9.17) is 4.98 Å². The van der Waals surface area contributed by atoms with E-state index in [0.717, 1.165) is 60.8 Å². The predicted molar refractivity (Wildman–Crippen MR) is 139 cm³/mol. The lowest BCUT2D eigenvalue weighted by atomic mass is 10.1. The first kappa shape index (κ1) is 20.6. The van der Waals surface area contributed by atoms with Gasteiger partial charge in [0.25, 0.3) is 0 Å². The minimum absolute atomic E-state index is 0.326. The molecule has 8 heteroatoms. The zero-order valence-corrected chi connectivity index (χ0v) is 19.9. The van der Waals surface area contributed by atoms with Crippen molar-refractivity contribution in [2.75, 3.05) is 5.32 Å². The van der Waals surface area contributed by atoms with Gasteiger partial charge in [0.1, 0.15) is 11.2 Å². The molecule has 0 aliphatic carbocycles. The second-order valence-electron chi connectivity index (χ2n) is 8.64. The van der Waals surface area contributed by atoms with Gasteiger partial charge in [-0.05, 0) is 63.2 Å². The molecule has 0 aliphatic heterocycles. The van der Waals surface area contributed by atoms with E-state index >= 15 is 0 Å². The lowest BCUT2D eigenvalue weighted by molar-refractivity contribution is 0.898. The number of nitrogens with zero attached hydrogens (tertiary/aromatic N) is 4. The molecule has 3 N–H and O–H groups in total. The molecular formula is C26H23N7S. The number of rotatable bonds is 5. The first-order valence-corrected chi connectivity index (χ1v) is 12.0. The highest BCUT2D eigenvalue weighted by Crippen LogP contribution is 2.35. The van der Waals surface area contributed by atoms with Gasteiger partial charge in [-0.15, -0.1) is 11.3 Å². The van der Waals surface area contributed by atoms with Crippen LogP contribution in [0, 0.1) is 6.92 Å². The molecule has 6 rings (SSSR count). The fourth-order valence-corrected chi connectivity index (χ4v) is 5.06. The van der Waals surface area contributed by atoms with E-state index in [1.165, 1.54) is 4.88 Å². The highest BCUT2D eigenvalue weighted by molar-refractivity contribution is 7.15. The molecule has 0 atom stereocenters. The second-order valence-corrected chi connectivity index (χ2v) is 9.93. The minimum Gasteiger partial charge on any atom is -0.382 e. The highest BCUT2D eigenvalue weighted by atomic mass is 32.1. The molecule has 0 unspecified atom stereocenters. The fourth-order valence-electron chi connectivity index (χ4n) is 4.18. The molecule has 34 heavy (non-hydrogen) atoms. The van der Waals surface area contributed by atoms with Crippen LogP contribution in [-0.2, 0) is 0 Å². The van der Waals surface area contributed by atoms with Gasteiger partial charge in [-0.1, -0.05) is 0 Å². The SMILES string of the molecule is Cc1ccc(-c2nccc3[nH]c(-c4n[nH]c5ccc(-c6cncc(NC(C)C)c6)nc45)cc23)s1. The number of nitrogens with one attached hydrogen (secondary N) is 3. The Morgan fingerprint density at radius 1 is 0.971 bits per heavy atom. The van der Waals surface area contributed by atoms with Crippen molar-refractivity contribution in [2.45, 2.75) is 26.8 Å². The summed E-state index contributed by atoms with van der Waals surface area (Å²) < 4.78 is 0. The topological polar surface area (TPSA) is 95.2 Å². The molecule has 6 aromatic rings. The van der Waals surface area contributed by atoms with E-state index in [1.807, 2.05) is 36.8 Å². The maximum atomic E-state index is 4.96. The van der Waals surface area contributed by atoms with Gasteiger partial charge in [-0.25, -0.2) is 4.98 Å². The number of thiophene rings is 1. The Bertz CT molecular complexity index is 1640. The number of hydrogen-bond donors (Lipinski definition) is 3. The van der Waals surface area contributed by atoms with Crippen LogP contribution in [0.25, 0.3) is 55.2 Å². The van der Waals surface area contributed by atoms with Gasteiger partial charge in [0.05, 0.1) is 33.2 Å². The van der Waals surface area contributed by atoms with E-state index in [2.05, 4.69) is 75.5 Å². The van der Waals surface area contributed by atoms with E-state index in [-0.39, 0.29) is 0 Å². The number of pyridine rings is 3. The molecule has 0 aliphatic rings. The Labute approximate surface area is 200 Å². The molecule has 6 aromatic heterocycles. The normalized spacial score (nSPS) is 11.6. The van der Waals surface area contributed by atoms with Gasteiger partial charge in [0, 0.05) is 46.0 Å². The average molecular weight is 466 g/mol. The van der Waals surface area contributed by atoms with Crippen molar-refractivity contribution in [2.24, 2.45) is 0 Å². The maximum Gasteiger partial charge on any atom is 0.135 e. The summed E-state index contributed by atoms with van der Waals surface area (Å²) in [6, 6.07) is 14.8. The van der Waals surface area contributed by atoms with Crippen molar-refractivity contribution in [3.63, 3.8) is 0 Å². The third-order valence-corrected chi connectivity index (χ3v) is 6.68. The van der Waals surface area contributed by atoms with Crippen molar-refractivity contribution in [3.05, 3.63) is 65.9 Å².